The Morgan fingerprint density at radius 3 is 2.38 bits per heavy atom. The summed E-state index contributed by atoms with van der Waals surface area (Å²) in [7, 11) is 1.62. The fourth-order valence-corrected chi connectivity index (χ4v) is 10.3. The van der Waals surface area contributed by atoms with Crippen LogP contribution in [-0.2, 0) is 47.4 Å². The fraction of sp³-hybridized carbons (Fsp3) is 0.766. The lowest BCUT2D eigenvalue weighted by Crippen LogP contribution is -2.58. The molecule has 20 unspecified atom stereocenters. The van der Waals surface area contributed by atoms with Gasteiger partial charge in [-0.05, 0) is 62.8 Å². The van der Waals surface area contributed by atoms with Crippen LogP contribution in [0.2, 0.25) is 0 Å². The predicted molar refractivity (Wildman–Crippen MR) is 223 cm³/mol. The van der Waals surface area contributed by atoms with Crippen molar-refractivity contribution < 1.29 is 67.9 Å². The van der Waals surface area contributed by atoms with Gasteiger partial charge in [0.25, 0.3) is 0 Å². The summed E-state index contributed by atoms with van der Waals surface area (Å²) in [5, 5.41) is 44.3. The van der Waals surface area contributed by atoms with Crippen molar-refractivity contribution in [1.82, 2.24) is 0 Å². The Labute approximate surface area is 360 Å². The highest BCUT2D eigenvalue weighted by atomic mass is 16.7. The van der Waals surface area contributed by atoms with Crippen molar-refractivity contribution in [2.75, 3.05) is 13.7 Å². The van der Waals surface area contributed by atoms with Crippen molar-refractivity contribution >= 4 is 5.97 Å². The van der Waals surface area contributed by atoms with E-state index in [-0.39, 0.29) is 43.3 Å². The third kappa shape index (κ3) is 9.58. The molecule has 0 radical (unpaired) electrons. The number of aliphatic hydroxyl groups excluding tert-OH is 3. The Kier molecular flexibility index (Phi) is 14.6. The number of ether oxygens (including phenoxy) is 9. The quantitative estimate of drug-likeness (QED) is 0.204. The van der Waals surface area contributed by atoms with Crippen LogP contribution < -0.4 is 0 Å². The molecule has 1 aliphatic carbocycles. The predicted octanol–water partition coefficient (Wildman–Crippen LogP) is 4.72. The number of esters is 1. The lowest BCUT2D eigenvalue weighted by molar-refractivity contribution is -0.317. The van der Waals surface area contributed by atoms with E-state index in [1.807, 2.05) is 39.0 Å². The Morgan fingerprint density at radius 1 is 0.918 bits per heavy atom. The zero-order chi connectivity index (χ0) is 44.0. The van der Waals surface area contributed by atoms with Crippen molar-refractivity contribution in [1.29, 1.82) is 0 Å². The molecule has 4 saturated heterocycles. The molecule has 7 aliphatic rings. The van der Waals surface area contributed by atoms with Crippen molar-refractivity contribution in [3.8, 4) is 0 Å². The van der Waals surface area contributed by atoms with Gasteiger partial charge in [0, 0.05) is 44.6 Å². The normalized spacial score (nSPS) is 49.8. The minimum atomic E-state index is -1.84. The van der Waals surface area contributed by atoms with Gasteiger partial charge >= 0.3 is 5.97 Å². The van der Waals surface area contributed by atoms with E-state index < -0.39 is 103 Å². The first-order valence-electron chi connectivity index (χ1n) is 22.5. The van der Waals surface area contributed by atoms with E-state index in [0.29, 0.717) is 30.4 Å². The van der Waals surface area contributed by atoms with E-state index in [0.717, 1.165) is 12.0 Å². The average molecular weight is 859 g/mol. The number of hydrogen-bond acceptors (Lipinski definition) is 14. The van der Waals surface area contributed by atoms with Crippen molar-refractivity contribution in [3.05, 3.63) is 59.3 Å². The second-order valence-electron chi connectivity index (χ2n) is 18.7. The average Bonchev–Trinajstić information content (AvgIpc) is 3.56. The molecule has 0 aromatic rings. The number of aliphatic hydroxyl groups is 4. The number of allylic oxidation sites excluding steroid dienone is 2. The van der Waals surface area contributed by atoms with Crippen LogP contribution >= 0.6 is 0 Å². The van der Waals surface area contributed by atoms with Crippen LogP contribution in [-0.4, -0.2) is 137 Å². The molecule has 4 N–H and O–H groups in total. The maximum Gasteiger partial charge on any atom is 0.316 e. The lowest BCUT2D eigenvalue weighted by atomic mass is 9.71. The molecule has 0 amide bonds. The molecule has 20 atom stereocenters. The van der Waals surface area contributed by atoms with Gasteiger partial charge in [0.15, 0.2) is 18.4 Å². The van der Waals surface area contributed by atoms with Crippen LogP contribution in [0.5, 0.6) is 0 Å². The van der Waals surface area contributed by atoms with E-state index in [1.165, 1.54) is 0 Å². The number of fused-ring (bicyclic) bond motifs is 2. The molecule has 0 saturated carbocycles. The smallest absolute Gasteiger partial charge is 0.316 e. The van der Waals surface area contributed by atoms with Gasteiger partial charge in [0.05, 0.1) is 49.3 Å². The molecule has 0 aromatic carbocycles. The molecule has 0 aromatic heterocycles. The Morgan fingerprint density at radius 2 is 1.66 bits per heavy atom. The van der Waals surface area contributed by atoms with Crippen LogP contribution in [0.4, 0.5) is 0 Å². The summed E-state index contributed by atoms with van der Waals surface area (Å²) < 4.78 is 57.7. The molecular weight excluding hydrogens is 789 g/mol. The van der Waals surface area contributed by atoms with Crippen molar-refractivity contribution in [2.24, 2.45) is 23.7 Å². The van der Waals surface area contributed by atoms with Gasteiger partial charge in [0.1, 0.15) is 42.0 Å². The topological polar surface area (TPSA) is 181 Å². The highest BCUT2D eigenvalue weighted by Gasteiger charge is 2.60. The molecule has 1 spiro atoms. The Hall–Kier alpha value is -2.31. The lowest BCUT2D eigenvalue weighted by Gasteiger charge is -2.48. The highest BCUT2D eigenvalue weighted by Crippen LogP contribution is 2.47. The van der Waals surface area contributed by atoms with Gasteiger partial charge in [-0.3, -0.25) is 4.79 Å². The van der Waals surface area contributed by atoms with Crippen molar-refractivity contribution in [2.45, 2.75) is 191 Å². The molecule has 7 rings (SSSR count). The van der Waals surface area contributed by atoms with Gasteiger partial charge in [-0.1, -0.05) is 70.6 Å². The molecule has 4 fully saturated rings. The van der Waals surface area contributed by atoms with E-state index in [9.17, 15) is 25.2 Å². The van der Waals surface area contributed by atoms with Crippen LogP contribution in [0.15, 0.2) is 59.3 Å². The van der Waals surface area contributed by atoms with E-state index in [1.54, 1.807) is 33.1 Å². The number of hydrogen-bond donors (Lipinski definition) is 4. The zero-order valence-corrected chi connectivity index (χ0v) is 37.3. The second-order valence-corrected chi connectivity index (χ2v) is 18.7. The summed E-state index contributed by atoms with van der Waals surface area (Å²) in [5.41, 5.74) is 0.0978. The number of carbonyl (C=O) groups is 1. The first-order valence-corrected chi connectivity index (χ1v) is 22.5. The van der Waals surface area contributed by atoms with Gasteiger partial charge in [-0.15, -0.1) is 0 Å². The van der Waals surface area contributed by atoms with Gasteiger partial charge in [0.2, 0.25) is 0 Å². The second kappa shape index (κ2) is 19.0. The maximum atomic E-state index is 14.3. The summed E-state index contributed by atoms with van der Waals surface area (Å²) in [6, 6.07) is 0. The van der Waals surface area contributed by atoms with Crippen LogP contribution in [0.3, 0.4) is 0 Å². The van der Waals surface area contributed by atoms with Gasteiger partial charge < -0.3 is 63.1 Å². The molecule has 6 aliphatic heterocycles. The maximum absolute atomic E-state index is 14.3. The summed E-state index contributed by atoms with van der Waals surface area (Å²) in [5.74, 6) is -2.60. The molecule has 342 valence electrons. The largest absolute Gasteiger partial charge is 0.462 e. The highest BCUT2D eigenvalue weighted by molar-refractivity contribution is 5.78. The standard InChI is InChI=1S/C47H70O14/c1-10-24(2)42-27(5)16-17-46(61-42)22-33-19-32(60-46)15-14-26(4)41(58-38-21-36(53-9)43(30(8)56-38)59-37-20-35(48)40(50)29(7)55-37)25(3)12-11-13-31-23-54-44-39(49)28(6)18-34(45(51)57-33)47(31,44)52/h11-14,16-18,24-25,27,29-30,32-44,48-50,52H,10,15,19-23H2,1-9H3/b12-11+,26-14+,31-13+. The fourth-order valence-electron chi connectivity index (χ4n) is 10.3. The first kappa shape index (κ1) is 46.7. The summed E-state index contributed by atoms with van der Waals surface area (Å²) in [6.07, 6.45) is 6.91. The summed E-state index contributed by atoms with van der Waals surface area (Å²) >= 11 is 0. The number of methoxy groups -OCH3 is 1. The van der Waals surface area contributed by atoms with Crippen molar-refractivity contribution in [3.63, 3.8) is 0 Å². The molecular formula is C47H70O14. The summed E-state index contributed by atoms with van der Waals surface area (Å²) in [4.78, 5) is 14.3. The monoisotopic (exact) mass is 858 g/mol. The van der Waals surface area contributed by atoms with E-state index >= 15 is 0 Å². The third-order valence-electron chi connectivity index (χ3n) is 14.2. The SMILES string of the molecule is CCC(C)C1OC2(C=CC1C)CC1CC(C/C=C(\C)C(OC3CC(OC)C(OC4CC(O)C(O)C(C)O4)C(C)O3)C(C)/C=C/C=C3\COC4C(O)C(C)=CC(C(=O)O1)C34O)O2. The number of carbonyl (C=O) groups excluding carboxylic acids is 1. The van der Waals surface area contributed by atoms with Crippen LogP contribution in [0, 0.1) is 23.7 Å². The van der Waals surface area contributed by atoms with Crippen LogP contribution in [0.25, 0.3) is 0 Å². The molecule has 14 heteroatoms. The van der Waals surface area contributed by atoms with Crippen LogP contribution in [0.1, 0.15) is 93.9 Å². The minimum absolute atomic E-state index is 0.0246. The Bertz CT molecular complexity index is 1700. The van der Waals surface area contributed by atoms with E-state index in [2.05, 4.69) is 32.9 Å². The number of rotatable bonds is 7. The van der Waals surface area contributed by atoms with E-state index in [4.69, 9.17) is 42.6 Å². The molecule has 6 heterocycles. The molecule has 14 nitrogen and oxygen atoms in total. The first-order chi connectivity index (χ1) is 29.0. The van der Waals surface area contributed by atoms with Gasteiger partial charge in [-0.2, -0.15) is 0 Å². The third-order valence-corrected chi connectivity index (χ3v) is 14.2. The Balaban J connectivity index is 1.19. The summed E-state index contributed by atoms with van der Waals surface area (Å²) in [6.45, 7) is 15.9. The molecule has 2 bridgehead atoms. The zero-order valence-electron chi connectivity index (χ0n) is 37.3. The minimum Gasteiger partial charge on any atom is -0.462 e. The van der Waals surface area contributed by atoms with Gasteiger partial charge in [-0.25, -0.2) is 0 Å². The molecule has 61 heavy (non-hydrogen) atoms.